The summed E-state index contributed by atoms with van der Waals surface area (Å²) < 4.78 is 13.8. The van der Waals surface area contributed by atoms with E-state index in [4.69, 9.17) is 21.1 Å². The van der Waals surface area contributed by atoms with Crippen molar-refractivity contribution in [1.82, 2.24) is 14.3 Å². The molecule has 8 heteroatoms. The van der Waals surface area contributed by atoms with Gasteiger partial charge in [0.1, 0.15) is 6.54 Å². The van der Waals surface area contributed by atoms with E-state index in [0.29, 0.717) is 41.6 Å². The van der Waals surface area contributed by atoms with Gasteiger partial charge in [0.25, 0.3) is 0 Å². The molecule has 0 aliphatic heterocycles. The summed E-state index contributed by atoms with van der Waals surface area (Å²) in [5.74, 6) is 1.91. The lowest BCUT2D eigenvalue weighted by atomic mass is 10.0. The van der Waals surface area contributed by atoms with Crippen molar-refractivity contribution in [2.75, 3.05) is 14.2 Å². The quantitative estimate of drug-likeness (QED) is 0.455. The van der Waals surface area contributed by atoms with Gasteiger partial charge < -0.3 is 9.47 Å². The standard InChI is InChI=1S/C24H26ClN3O4/c1-31-21-8-4-6-16(22(21)32-2)5-3-7-20(29)15-27-24(30)28(19-13-14-19)23(26-27)17-9-11-18(25)12-10-17/h4,6,8-12,19H,3,5,7,13-15H2,1-2H3. The second-order valence-corrected chi connectivity index (χ2v) is 8.35. The van der Waals surface area contributed by atoms with Gasteiger partial charge in [-0.3, -0.25) is 9.36 Å². The Morgan fingerprint density at radius 2 is 1.88 bits per heavy atom. The van der Waals surface area contributed by atoms with Crippen molar-refractivity contribution in [3.63, 3.8) is 0 Å². The maximum absolute atomic E-state index is 13.0. The number of Topliss-reactive ketones (excluding diaryl/α,β-unsaturated/α-hetero) is 1. The predicted octanol–water partition coefficient (Wildman–Crippen LogP) is 4.31. The highest BCUT2D eigenvalue weighted by atomic mass is 35.5. The molecule has 1 aliphatic carbocycles. The number of rotatable bonds is 10. The van der Waals surface area contributed by atoms with Crippen LogP contribution in [-0.2, 0) is 17.8 Å². The van der Waals surface area contributed by atoms with Crippen molar-refractivity contribution >= 4 is 17.4 Å². The molecule has 0 saturated heterocycles. The van der Waals surface area contributed by atoms with E-state index in [9.17, 15) is 9.59 Å². The third kappa shape index (κ3) is 4.72. The summed E-state index contributed by atoms with van der Waals surface area (Å²) in [5.41, 5.74) is 1.56. The van der Waals surface area contributed by atoms with E-state index in [2.05, 4.69) is 5.10 Å². The molecule has 0 N–H and O–H groups in total. The van der Waals surface area contributed by atoms with Crippen molar-refractivity contribution in [1.29, 1.82) is 0 Å². The fourth-order valence-corrected chi connectivity index (χ4v) is 3.98. The molecule has 1 aromatic heterocycles. The molecule has 1 saturated carbocycles. The number of nitrogens with zero attached hydrogens (tertiary/aromatic N) is 3. The van der Waals surface area contributed by atoms with Crippen molar-refractivity contribution in [2.24, 2.45) is 0 Å². The van der Waals surface area contributed by atoms with Gasteiger partial charge in [-0.1, -0.05) is 23.7 Å². The number of halogens is 1. The predicted molar refractivity (Wildman–Crippen MR) is 123 cm³/mol. The molecule has 168 valence electrons. The molecule has 3 aromatic rings. The van der Waals surface area contributed by atoms with E-state index < -0.39 is 0 Å². The third-order valence-corrected chi connectivity index (χ3v) is 5.85. The van der Waals surface area contributed by atoms with Gasteiger partial charge in [-0.15, -0.1) is 5.10 Å². The highest BCUT2D eigenvalue weighted by Crippen LogP contribution is 2.36. The number of hydrogen-bond acceptors (Lipinski definition) is 5. The van der Waals surface area contributed by atoms with Crippen LogP contribution in [0.1, 0.15) is 37.3 Å². The van der Waals surface area contributed by atoms with Gasteiger partial charge in [-0.05, 0) is 61.6 Å². The van der Waals surface area contributed by atoms with E-state index in [0.717, 1.165) is 24.0 Å². The summed E-state index contributed by atoms with van der Waals surface area (Å²) >= 11 is 5.99. The zero-order valence-electron chi connectivity index (χ0n) is 18.2. The van der Waals surface area contributed by atoms with Crippen molar-refractivity contribution < 1.29 is 14.3 Å². The molecule has 32 heavy (non-hydrogen) atoms. The first kappa shape index (κ1) is 22.1. The van der Waals surface area contributed by atoms with Crippen LogP contribution in [0.4, 0.5) is 0 Å². The van der Waals surface area contributed by atoms with Gasteiger partial charge in [0.2, 0.25) is 0 Å². The van der Waals surface area contributed by atoms with Crippen LogP contribution < -0.4 is 15.2 Å². The Morgan fingerprint density at radius 3 is 2.53 bits per heavy atom. The maximum atomic E-state index is 13.0. The normalized spacial score (nSPS) is 13.2. The number of aromatic nitrogens is 3. The molecule has 0 atom stereocenters. The summed E-state index contributed by atoms with van der Waals surface area (Å²) in [6.45, 7) is -0.0333. The fourth-order valence-electron chi connectivity index (χ4n) is 3.85. The first-order chi connectivity index (χ1) is 15.5. The smallest absolute Gasteiger partial charge is 0.346 e. The summed E-state index contributed by atoms with van der Waals surface area (Å²) in [6.07, 6.45) is 3.56. The van der Waals surface area contributed by atoms with Gasteiger partial charge >= 0.3 is 5.69 Å². The largest absolute Gasteiger partial charge is 0.493 e. The molecule has 0 spiro atoms. The molecule has 4 rings (SSSR count). The number of carbonyl (C=O) groups excluding carboxylic acids is 1. The van der Waals surface area contributed by atoms with Crippen LogP contribution in [-0.4, -0.2) is 34.4 Å². The average molecular weight is 456 g/mol. The molecular formula is C24H26ClN3O4. The molecule has 2 aromatic carbocycles. The van der Waals surface area contributed by atoms with Crippen molar-refractivity contribution in [2.45, 2.75) is 44.7 Å². The Balaban J connectivity index is 1.44. The van der Waals surface area contributed by atoms with Gasteiger partial charge in [0, 0.05) is 23.0 Å². The third-order valence-electron chi connectivity index (χ3n) is 5.60. The molecule has 0 radical (unpaired) electrons. The Kier molecular flexibility index (Phi) is 6.65. The minimum absolute atomic E-state index is 0.0305. The number of benzene rings is 2. The van der Waals surface area contributed by atoms with Gasteiger partial charge in [-0.25, -0.2) is 9.48 Å². The lowest BCUT2D eigenvalue weighted by Crippen LogP contribution is -2.27. The summed E-state index contributed by atoms with van der Waals surface area (Å²) in [6, 6.07) is 13.1. The van der Waals surface area contributed by atoms with E-state index in [-0.39, 0.29) is 24.1 Å². The number of carbonyl (C=O) groups is 1. The first-order valence-electron chi connectivity index (χ1n) is 10.7. The summed E-state index contributed by atoms with van der Waals surface area (Å²) in [5, 5.41) is 5.12. The van der Waals surface area contributed by atoms with Crippen LogP contribution in [0.25, 0.3) is 11.4 Å². The summed E-state index contributed by atoms with van der Waals surface area (Å²) in [7, 11) is 3.20. The van der Waals surface area contributed by atoms with Gasteiger partial charge in [0.15, 0.2) is 23.1 Å². The number of ether oxygens (including phenoxy) is 2. The molecule has 0 amide bonds. The number of aryl methyl sites for hydroxylation is 1. The van der Waals surface area contributed by atoms with Gasteiger partial charge in [-0.2, -0.15) is 0 Å². The van der Waals surface area contributed by atoms with E-state index >= 15 is 0 Å². The maximum Gasteiger partial charge on any atom is 0.346 e. The second kappa shape index (κ2) is 9.61. The van der Waals surface area contributed by atoms with Gasteiger partial charge in [0.05, 0.1) is 14.2 Å². The highest BCUT2D eigenvalue weighted by Gasteiger charge is 2.30. The zero-order chi connectivity index (χ0) is 22.7. The molecule has 0 bridgehead atoms. The van der Waals surface area contributed by atoms with E-state index in [1.165, 1.54) is 4.68 Å². The number of para-hydroxylation sites is 1. The van der Waals surface area contributed by atoms with Crippen molar-refractivity contribution in [3.8, 4) is 22.9 Å². The Morgan fingerprint density at radius 1 is 1.12 bits per heavy atom. The number of ketones is 1. The van der Waals surface area contributed by atoms with Crippen LogP contribution in [0.5, 0.6) is 11.5 Å². The van der Waals surface area contributed by atoms with Crippen LogP contribution >= 0.6 is 11.6 Å². The number of methoxy groups -OCH3 is 2. The monoisotopic (exact) mass is 455 g/mol. The van der Waals surface area contributed by atoms with Crippen molar-refractivity contribution in [3.05, 3.63) is 63.5 Å². The molecular weight excluding hydrogens is 430 g/mol. The molecule has 1 heterocycles. The first-order valence-corrected chi connectivity index (χ1v) is 11.1. The zero-order valence-corrected chi connectivity index (χ0v) is 19.0. The Hall–Kier alpha value is -3.06. The molecule has 0 unspecified atom stereocenters. The fraction of sp³-hybridized carbons (Fsp3) is 0.375. The lowest BCUT2D eigenvalue weighted by molar-refractivity contribution is -0.119. The topological polar surface area (TPSA) is 75.4 Å². The summed E-state index contributed by atoms with van der Waals surface area (Å²) in [4.78, 5) is 25.6. The molecule has 7 nitrogen and oxygen atoms in total. The minimum Gasteiger partial charge on any atom is -0.493 e. The minimum atomic E-state index is -0.236. The van der Waals surface area contributed by atoms with Crippen LogP contribution in [0.3, 0.4) is 0 Å². The average Bonchev–Trinajstić information content (AvgIpc) is 3.58. The highest BCUT2D eigenvalue weighted by molar-refractivity contribution is 6.30. The lowest BCUT2D eigenvalue weighted by Gasteiger charge is -2.12. The molecule has 1 aliphatic rings. The SMILES string of the molecule is COc1cccc(CCCC(=O)Cn2nc(-c3ccc(Cl)cc3)n(C3CC3)c2=O)c1OC. The van der Waals surface area contributed by atoms with E-state index in [1.807, 2.05) is 30.3 Å². The second-order valence-electron chi connectivity index (χ2n) is 7.92. The Labute approximate surface area is 191 Å². The Bertz CT molecular complexity index is 1160. The van der Waals surface area contributed by atoms with Crippen LogP contribution in [0.15, 0.2) is 47.3 Å². The molecule has 1 fully saturated rings. The van der Waals surface area contributed by atoms with Crippen LogP contribution in [0, 0.1) is 0 Å². The van der Waals surface area contributed by atoms with Crippen LogP contribution in [0.2, 0.25) is 5.02 Å². The number of hydrogen-bond donors (Lipinski definition) is 0. The van der Waals surface area contributed by atoms with E-state index in [1.54, 1.807) is 30.9 Å².